The monoisotopic (exact) mass is 181 g/mol. The predicted molar refractivity (Wildman–Crippen MR) is 51.8 cm³/mol. The molecule has 3 nitrogen and oxygen atoms in total. The lowest BCUT2D eigenvalue weighted by molar-refractivity contribution is -0.403. The van der Waals surface area contributed by atoms with E-state index >= 15 is 0 Å². The average molecular weight is 181 g/mol. The summed E-state index contributed by atoms with van der Waals surface area (Å²) in [6.07, 6.45) is 6.42. The van der Waals surface area contributed by atoms with E-state index < -0.39 is 0 Å². The minimum atomic E-state index is -0.361. The summed E-state index contributed by atoms with van der Waals surface area (Å²) in [7, 11) is 0. The highest BCUT2D eigenvalue weighted by Gasteiger charge is 2.15. The molecule has 0 saturated carbocycles. The topological polar surface area (TPSA) is 43.1 Å². The SMILES string of the molecule is CC1=CC[C@@H](/C(C)=C\[N+](=O)[O-])CC1. The smallest absolute Gasteiger partial charge is 0.233 e. The third kappa shape index (κ3) is 3.01. The lowest BCUT2D eigenvalue weighted by Crippen LogP contribution is -2.07. The molecule has 0 fully saturated rings. The molecule has 0 saturated heterocycles. The molecule has 1 aliphatic carbocycles. The minimum Gasteiger partial charge on any atom is -0.259 e. The first-order chi connectivity index (χ1) is 6.09. The molecule has 72 valence electrons. The number of hydrogen-bond acceptors (Lipinski definition) is 2. The lowest BCUT2D eigenvalue weighted by Gasteiger charge is -2.19. The Hall–Kier alpha value is -1.12. The fourth-order valence-corrected chi connectivity index (χ4v) is 1.65. The fourth-order valence-electron chi connectivity index (χ4n) is 1.65. The van der Waals surface area contributed by atoms with E-state index in [4.69, 9.17) is 0 Å². The highest BCUT2D eigenvalue weighted by atomic mass is 16.6. The molecule has 1 atom stereocenters. The molecule has 3 heteroatoms. The molecule has 0 N–H and O–H groups in total. The first-order valence-corrected chi connectivity index (χ1v) is 4.57. The largest absolute Gasteiger partial charge is 0.259 e. The maximum atomic E-state index is 10.2. The van der Waals surface area contributed by atoms with Crippen LogP contribution in [0.4, 0.5) is 0 Å². The van der Waals surface area contributed by atoms with E-state index in [-0.39, 0.29) is 4.92 Å². The highest BCUT2D eigenvalue weighted by Crippen LogP contribution is 2.28. The van der Waals surface area contributed by atoms with Crippen LogP contribution in [-0.2, 0) is 0 Å². The van der Waals surface area contributed by atoms with Crippen molar-refractivity contribution in [2.75, 3.05) is 0 Å². The van der Waals surface area contributed by atoms with E-state index in [9.17, 15) is 10.1 Å². The summed E-state index contributed by atoms with van der Waals surface area (Å²) in [5, 5.41) is 10.2. The van der Waals surface area contributed by atoms with Crippen LogP contribution in [0.1, 0.15) is 33.1 Å². The van der Waals surface area contributed by atoms with Gasteiger partial charge in [0.15, 0.2) is 0 Å². The molecule has 0 heterocycles. The highest BCUT2D eigenvalue weighted by molar-refractivity contribution is 5.10. The number of rotatable bonds is 2. The summed E-state index contributed by atoms with van der Waals surface area (Å²) >= 11 is 0. The molecule has 13 heavy (non-hydrogen) atoms. The van der Waals surface area contributed by atoms with Gasteiger partial charge in [0.2, 0.25) is 6.20 Å². The number of nitro groups is 1. The van der Waals surface area contributed by atoms with E-state index in [2.05, 4.69) is 13.0 Å². The molecule has 0 aromatic heterocycles. The summed E-state index contributed by atoms with van der Waals surface area (Å²) in [6.45, 7) is 3.96. The summed E-state index contributed by atoms with van der Waals surface area (Å²) in [5.74, 6) is 0.383. The lowest BCUT2D eigenvalue weighted by atomic mass is 9.86. The van der Waals surface area contributed by atoms with Gasteiger partial charge in [0.25, 0.3) is 0 Å². The number of allylic oxidation sites excluding steroid dienone is 3. The number of nitrogens with zero attached hydrogens (tertiary/aromatic N) is 1. The van der Waals surface area contributed by atoms with E-state index in [1.807, 2.05) is 6.92 Å². The molecular weight excluding hydrogens is 166 g/mol. The van der Waals surface area contributed by atoms with Gasteiger partial charge in [0.1, 0.15) is 0 Å². The van der Waals surface area contributed by atoms with Crippen LogP contribution in [0, 0.1) is 16.0 Å². The Kier molecular flexibility index (Phi) is 3.23. The zero-order chi connectivity index (χ0) is 9.84. The van der Waals surface area contributed by atoms with Gasteiger partial charge < -0.3 is 0 Å². The van der Waals surface area contributed by atoms with Gasteiger partial charge in [-0.15, -0.1) is 0 Å². The first kappa shape index (κ1) is 9.96. The van der Waals surface area contributed by atoms with Crippen LogP contribution < -0.4 is 0 Å². The van der Waals surface area contributed by atoms with E-state index in [0.717, 1.165) is 31.0 Å². The fraction of sp³-hybridized carbons (Fsp3) is 0.600. The van der Waals surface area contributed by atoms with Gasteiger partial charge in [-0.25, -0.2) is 0 Å². The zero-order valence-electron chi connectivity index (χ0n) is 8.12. The molecule has 1 aliphatic rings. The van der Waals surface area contributed by atoms with Crippen molar-refractivity contribution in [1.82, 2.24) is 0 Å². The zero-order valence-corrected chi connectivity index (χ0v) is 8.12. The number of hydrogen-bond donors (Lipinski definition) is 0. The third-order valence-corrected chi connectivity index (χ3v) is 2.59. The van der Waals surface area contributed by atoms with Gasteiger partial charge in [-0.3, -0.25) is 10.1 Å². The van der Waals surface area contributed by atoms with Gasteiger partial charge in [-0.2, -0.15) is 0 Å². The first-order valence-electron chi connectivity index (χ1n) is 4.57. The Balaban J connectivity index is 2.60. The molecule has 1 rings (SSSR count). The van der Waals surface area contributed by atoms with Crippen LogP contribution in [0.2, 0.25) is 0 Å². The minimum absolute atomic E-state index is 0.361. The quantitative estimate of drug-likeness (QED) is 0.373. The third-order valence-electron chi connectivity index (χ3n) is 2.59. The molecule has 0 aromatic carbocycles. The Labute approximate surface area is 78.3 Å². The molecule has 0 unspecified atom stereocenters. The molecule has 0 amide bonds. The van der Waals surface area contributed by atoms with E-state index in [1.165, 1.54) is 5.57 Å². The second-order valence-electron chi connectivity index (χ2n) is 3.68. The average Bonchev–Trinajstić information content (AvgIpc) is 2.04. The van der Waals surface area contributed by atoms with Crippen molar-refractivity contribution in [1.29, 1.82) is 0 Å². The molecule has 0 aliphatic heterocycles. The predicted octanol–water partition coefficient (Wildman–Crippen LogP) is 2.91. The molecule has 0 bridgehead atoms. The second kappa shape index (κ2) is 4.21. The Morgan fingerprint density at radius 3 is 2.92 bits per heavy atom. The second-order valence-corrected chi connectivity index (χ2v) is 3.68. The summed E-state index contributed by atoms with van der Waals surface area (Å²) in [5.41, 5.74) is 2.30. The maximum absolute atomic E-state index is 10.2. The maximum Gasteiger partial charge on any atom is 0.233 e. The molecular formula is C10H15NO2. The Morgan fingerprint density at radius 1 is 1.77 bits per heavy atom. The van der Waals surface area contributed by atoms with Crippen LogP contribution in [-0.4, -0.2) is 4.92 Å². The Bertz CT molecular complexity index is 266. The van der Waals surface area contributed by atoms with Crippen molar-refractivity contribution >= 4 is 0 Å². The van der Waals surface area contributed by atoms with Gasteiger partial charge >= 0.3 is 0 Å². The van der Waals surface area contributed by atoms with Crippen molar-refractivity contribution in [3.63, 3.8) is 0 Å². The van der Waals surface area contributed by atoms with Crippen molar-refractivity contribution in [3.8, 4) is 0 Å². The van der Waals surface area contributed by atoms with Gasteiger partial charge in [0.05, 0.1) is 4.92 Å². The summed E-state index contributed by atoms with van der Waals surface area (Å²) in [6, 6.07) is 0. The standard InChI is InChI=1S/C10H15NO2/c1-8-3-5-10(6-4-8)9(2)7-11(12)13/h3,7,10H,4-6H2,1-2H3/b9-7-/t10-/m1/s1. The van der Waals surface area contributed by atoms with Crippen molar-refractivity contribution in [2.45, 2.75) is 33.1 Å². The molecule has 0 radical (unpaired) electrons. The van der Waals surface area contributed by atoms with Crippen molar-refractivity contribution < 1.29 is 4.92 Å². The van der Waals surface area contributed by atoms with E-state index in [1.54, 1.807) is 0 Å². The normalized spacial score (nSPS) is 24.0. The van der Waals surface area contributed by atoms with Crippen LogP contribution in [0.3, 0.4) is 0 Å². The summed E-state index contributed by atoms with van der Waals surface area (Å²) in [4.78, 5) is 9.87. The van der Waals surface area contributed by atoms with E-state index in [0.29, 0.717) is 5.92 Å². The van der Waals surface area contributed by atoms with Gasteiger partial charge in [0, 0.05) is 5.57 Å². The van der Waals surface area contributed by atoms with Crippen LogP contribution >= 0.6 is 0 Å². The molecule has 0 spiro atoms. The van der Waals surface area contributed by atoms with Crippen LogP contribution in [0.5, 0.6) is 0 Å². The van der Waals surface area contributed by atoms with Crippen molar-refractivity contribution in [3.05, 3.63) is 33.5 Å². The Morgan fingerprint density at radius 2 is 2.46 bits per heavy atom. The van der Waals surface area contributed by atoms with Crippen LogP contribution in [0.15, 0.2) is 23.4 Å². The van der Waals surface area contributed by atoms with Crippen LogP contribution in [0.25, 0.3) is 0 Å². The molecule has 0 aromatic rings. The van der Waals surface area contributed by atoms with Gasteiger partial charge in [-0.05, 0) is 39.0 Å². The van der Waals surface area contributed by atoms with Crippen molar-refractivity contribution in [2.24, 2.45) is 5.92 Å². The summed E-state index contributed by atoms with van der Waals surface area (Å²) < 4.78 is 0. The van der Waals surface area contributed by atoms with Gasteiger partial charge in [-0.1, -0.05) is 11.6 Å².